The zero-order valence-electron chi connectivity index (χ0n) is 16.2. The molecule has 0 fully saturated rings. The fraction of sp³-hybridized carbons (Fsp3) is 0.273. The molecule has 0 saturated carbocycles. The number of carboxylic acid groups (broad SMARTS) is 1. The molecule has 3 rings (SSSR count). The van der Waals surface area contributed by atoms with Crippen LogP contribution in [-0.2, 0) is 4.79 Å². The number of carbonyl (C=O) groups is 2. The van der Waals surface area contributed by atoms with Gasteiger partial charge in [0.2, 0.25) is 0 Å². The summed E-state index contributed by atoms with van der Waals surface area (Å²) in [4.78, 5) is 25.3. The second kappa shape index (κ2) is 7.87. The Labute approximate surface area is 172 Å². The summed E-state index contributed by atoms with van der Waals surface area (Å²) >= 11 is 6.01. The molecule has 1 unspecified atom stereocenters. The maximum Gasteiger partial charge on any atom is 0.311 e. The number of rotatable bonds is 5. The van der Waals surface area contributed by atoms with E-state index in [1.165, 1.54) is 16.7 Å². The molecule has 0 aliphatic rings. The lowest BCUT2D eigenvalue weighted by Gasteiger charge is -2.20. The molecule has 5 nitrogen and oxygen atoms in total. The molecular formula is C22H21ClFNO4. The minimum Gasteiger partial charge on any atom is -0.505 e. The number of phenols is 1. The predicted molar refractivity (Wildman–Crippen MR) is 109 cm³/mol. The van der Waals surface area contributed by atoms with Gasteiger partial charge in [-0.15, -0.1) is 0 Å². The summed E-state index contributed by atoms with van der Waals surface area (Å²) in [6.07, 6.45) is 0.596. The standard InChI is InChI=1S/C22H21ClFNO4/c1-4-11(2)19(22(28)29)20-12(3)25(17-10-16(24)18(26)9-15(17)20)21(27)13-6-5-7-14(23)8-13/h5-11,19,26H,4H2,1-3H3,(H,28,29)/t11?,19-/m0/s1. The Kier molecular flexibility index (Phi) is 5.66. The van der Waals surface area contributed by atoms with E-state index >= 15 is 0 Å². The van der Waals surface area contributed by atoms with Crippen molar-refractivity contribution in [1.29, 1.82) is 0 Å². The highest BCUT2D eigenvalue weighted by atomic mass is 35.5. The minimum absolute atomic E-state index is 0.201. The zero-order valence-corrected chi connectivity index (χ0v) is 17.0. The lowest BCUT2D eigenvalue weighted by molar-refractivity contribution is -0.140. The van der Waals surface area contributed by atoms with Crippen molar-refractivity contribution in [3.05, 3.63) is 64.1 Å². The van der Waals surface area contributed by atoms with E-state index in [0.29, 0.717) is 28.1 Å². The van der Waals surface area contributed by atoms with Crippen LogP contribution >= 0.6 is 11.6 Å². The van der Waals surface area contributed by atoms with Crippen molar-refractivity contribution in [2.24, 2.45) is 5.92 Å². The number of carboxylic acids is 1. The van der Waals surface area contributed by atoms with Crippen molar-refractivity contribution < 1.29 is 24.2 Å². The number of benzene rings is 2. The van der Waals surface area contributed by atoms with E-state index in [2.05, 4.69) is 0 Å². The molecule has 2 N–H and O–H groups in total. The van der Waals surface area contributed by atoms with Gasteiger partial charge in [-0.05, 0) is 42.7 Å². The molecule has 0 amide bonds. The number of hydrogen-bond acceptors (Lipinski definition) is 3. The van der Waals surface area contributed by atoms with Crippen LogP contribution in [0.1, 0.15) is 47.8 Å². The lowest BCUT2D eigenvalue weighted by Crippen LogP contribution is -2.21. The Bertz CT molecular complexity index is 1120. The van der Waals surface area contributed by atoms with Crippen molar-refractivity contribution in [2.75, 3.05) is 0 Å². The summed E-state index contributed by atoms with van der Waals surface area (Å²) in [6, 6.07) is 8.58. The fourth-order valence-electron chi connectivity index (χ4n) is 3.74. The number of hydrogen-bond donors (Lipinski definition) is 2. The van der Waals surface area contributed by atoms with Gasteiger partial charge in [0.1, 0.15) is 0 Å². The maximum absolute atomic E-state index is 14.2. The largest absolute Gasteiger partial charge is 0.505 e. The summed E-state index contributed by atoms with van der Waals surface area (Å²) in [6.45, 7) is 5.32. The number of carbonyl (C=O) groups excluding carboxylic acids is 1. The highest BCUT2D eigenvalue weighted by Gasteiger charge is 2.33. The number of phenolic OH excluding ortho intramolecular Hbond substituents is 1. The van der Waals surface area contributed by atoms with E-state index in [0.717, 1.165) is 6.07 Å². The lowest BCUT2D eigenvalue weighted by atomic mass is 9.84. The molecule has 152 valence electrons. The van der Waals surface area contributed by atoms with Gasteiger partial charge in [-0.1, -0.05) is 37.9 Å². The first kappa shape index (κ1) is 20.9. The van der Waals surface area contributed by atoms with Crippen molar-refractivity contribution >= 4 is 34.4 Å². The van der Waals surface area contributed by atoms with Crippen LogP contribution in [0.4, 0.5) is 4.39 Å². The molecule has 0 spiro atoms. The van der Waals surface area contributed by atoms with Gasteiger partial charge in [-0.2, -0.15) is 0 Å². The SMILES string of the molecule is CCC(C)[C@H](C(=O)O)c1c(C)n(C(=O)c2cccc(Cl)c2)c2cc(F)c(O)cc12. The normalized spacial score (nSPS) is 13.4. The second-order valence-electron chi connectivity index (χ2n) is 7.17. The zero-order chi connectivity index (χ0) is 21.5. The van der Waals surface area contributed by atoms with Crippen LogP contribution in [0.5, 0.6) is 5.75 Å². The number of nitrogens with zero attached hydrogens (tertiary/aromatic N) is 1. The molecule has 1 aromatic heterocycles. The van der Waals surface area contributed by atoms with Crippen LogP contribution < -0.4 is 0 Å². The van der Waals surface area contributed by atoms with Crippen LogP contribution in [0.15, 0.2) is 36.4 Å². The molecule has 0 radical (unpaired) electrons. The number of fused-ring (bicyclic) bond motifs is 1. The summed E-state index contributed by atoms with van der Waals surface area (Å²) in [5.74, 6) is -4.14. The van der Waals surface area contributed by atoms with E-state index in [-0.39, 0.29) is 17.0 Å². The molecule has 0 saturated heterocycles. The molecule has 0 aliphatic carbocycles. The smallest absolute Gasteiger partial charge is 0.311 e. The first-order valence-electron chi connectivity index (χ1n) is 9.23. The maximum atomic E-state index is 14.2. The first-order valence-corrected chi connectivity index (χ1v) is 9.61. The first-order chi connectivity index (χ1) is 13.7. The molecule has 3 aromatic rings. The second-order valence-corrected chi connectivity index (χ2v) is 7.61. The van der Waals surface area contributed by atoms with Gasteiger partial charge in [0.15, 0.2) is 11.6 Å². The van der Waals surface area contributed by atoms with Crippen LogP contribution in [0.2, 0.25) is 5.02 Å². The topological polar surface area (TPSA) is 79.5 Å². The van der Waals surface area contributed by atoms with Crippen LogP contribution in [0.3, 0.4) is 0 Å². The predicted octanol–water partition coefficient (Wildman–Crippen LogP) is 5.35. The van der Waals surface area contributed by atoms with Crippen LogP contribution in [-0.4, -0.2) is 26.7 Å². The number of aromatic hydroxyl groups is 1. The van der Waals surface area contributed by atoms with Crippen LogP contribution in [0, 0.1) is 18.7 Å². The molecule has 2 aromatic carbocycles. The molecular weight excluding hydrogens is 397 g/mol. The number of aliphatic carboxylic acids is 1. The van der Waals surface area contributed by atoms with Gasteiger partial charge in [0.05, 0.1) is 11.4 Å². The van der Waals surface area contributed by atoms with E-state index in [1.54, 1.807) is 25.1 Å². The van der Waals surface area contributed by atoms with Gasteiger partial charge in [0.25, 0.3) is 5.91 Å². The molecule has 1 heterocycles. The molecule has 7 heteroatoms. The molecule has 0 aliphatic heterocycles. The van der Waals surface area contributed by atoms with Gasteiger partial charge in [-0.25, -0.2) is 4.39 Å². The average Bonchev–Trinajstić information content (AvgIpc) is 2.93. The van der Waals surface area contributed by atoms with Crippen molar-refractivity contribution in [3.63, 3.8) is 0 Å². The number of halogens is 2. The van der Waals surface area contributed by atoms with Gasteiger partial charge in [-0.3, -0.25) is 14.2 Å². The highest BCUT2D eigenvalue weighted by Crippen LogP contribution is 2.39. The van der Waals surface area contributed by atoms with Gasteiger partial charge >= 0.3 is 5.97 Å². The van der Waals surface area contributed by atoms with Crippen molar-refractivity contribution in [2.45, 2.75) is 33.1 Å². The van der Waals surface area contributed by atoms with Gasteiger partial charge < -0.3 is 10.2 Å². The third kappa shape index (κ3) is 3.60. The van der Waals surface area contributed by atoms with Crippen LogP contribution in [0.25, 0.3) is 10.9 Å². The summed E-state index contributed by atoms with van der Waals surface area (Å²) in [7, 11) is 0. The molecule has 29 heavy (non-hydrogen) atoms. The van der Waals surface area contributed by atoms with E-state index < -0.39 is 29.4 Å². The average molecular weight is 418 g/mol. The Morgan fingerprint density at radius 1 is 1.24 bits per heavy atom. The fourth-order valence-corrected chi connectivity index (χ4v) is 3.93. The molecule has 2 atom stereocenters. The number of aromatic nitrogens is 1. The van der Waals surface area contributed by atoms with E-state index in [1.807, 2.05) is 13.8 Å². The van der Waals surface area contributed by atoms with E-state index in [4.69, 9.17) is 11.6 Å². The summed E-state index contributed by atoms with van der Waals surface area (Å²) in [5.41, 5.74) is 1.27. The van der Waals surface area contributed by atoms with Gasteiger partial charge in [0, 0.05) is 27.7 Å². The summed E-state index contributed by atoms with van der Waals surface area (Å²) in [5, 5.41) is 20.5. The quantitative estimate of drug-likeness (QED) is 0.586. The Hall–Kier alpha value is -2.86. The highest BCUT2D eigenvalue weighted by molar-refractivity contribution is 6.31. The Balaban J connectivity index is 2.37. The third-order valence-electron chi connectivity index (χ3n) is 5.39. The minimum atomic E-state index is -1.04. The van der Waals surface area contributed by atoms with Crippen molar-refractivity contribution in [3.8, 4) is 5.75 Å². The van der Waals surface area contributed by atoms with E-state index in [9.17, 15) is 24.2 Å². The Morgan fingerprint density at radius 3 is 2.52 bits per heavy atom. The summed E-state index contributed by atoms with van der Waals surface area (Å²) < 4.78 is 15.5. The third-order valence-corrected chi connectivity index (χ3v) is 5.62. The Morgan fingerprint density at radius 2 is 1.93 bits per heavy atom. The molecule has 0 bridgehead atoms. The monoisotopic (exact) mass is 417 g/mol. The van der Waals surface area contributed by atoms with Crippen molar-refractivity contribution in [1.82, 2.24) is 4.57 Å².